The van der Waals surface area contributed by atoms with Crippen molar-refractivity contribution in [3.05, 3.63) is 78.5 Å². The zero-order valence-corrected chi connectivity index (χ0v) is 17.2. The highest BCUT2D eigenvalue weighted by molar-refractivity contribution is 7.98. The molecule has 0 aliphatic heterocycles. The summed E-state index contributed by atoms with van der Waals surface area (Å²) in [4.78, 5) is 13.3. The zero-order valence-electron chi connectivity index (χ0n) is 15.5. The molecule has 3 aromatic rings. The highest BCUT2D eigenvalue weighted by Gasteiger charge is 2.27. The Morgan fingerprint density at radius 2 is 1.90 bits per heavy atom. The van der Waals surface area contributed by atoms with Gasteiger partial charge in [0.25, 0.3) is 10.0 Å². The highest BCUT2D eigenvalue weighted by atomic mass is 32.2. The first-order chi connectivity index (χ1) is 13.9. The Morgan fingerprint density at radius 3 is 2.52 bits per heavy atom. The normalized spacial score (nSPS) is 11.2. The van der Waals surface area contributed by atoms with Crippen LogP contribution in [-0.2, 0) is 21.4 Å². The van der Waals surface area contributed by atoms with Gasteiger partial charge in [0.05, 0.1) is 23.4 Å². The van der Waals surface area contributed by atoms with E-state index in [0.717, 1.165) is 15.3 Å². The van der Waals surface area contributed by atoms with E-state index in [4.69, 9.17) is 4.42 Å². The van der Waals surface area contributed by atoms with Crippen molar-refractivity contribution in [2.75, 3.05) is 17.1 Å². The lowest BCUT2D eigenvalue weighted by molar-refractivity contribution is -0.119. The van der Waals surface area contributed by atoms with Crippen molar-refractivity contribution in [2.24, 2.45) is 0 Å². The minimum Gasteiger partial charge on any atom is -0.467 e. The molecule has 0 atom stereocenters. The third-order valence-corrected chi connectivity index (χ3v) is 6.60. The van der Waals surface area contributed by atoms with E-state index in [2.05, 4.69) is 5.32 Å². The fourth-order valence-electron chi connectivity index (χ4n) is 2.61. The second-order valence-corrected chi connectivity index (χ2v) is 8.77. The number of halogens is 1. The number of hydrogen-bond acceptors (Lipinski definition) is 5. The minimum atomic E-state index is -4.09. The van der Waals surface area contributed by atoms with Crippen LogP contribution < -0.4 is 9.62 Å². The molecular weight excluding hydrogens is 415 g/mol. The van der Waals surface area contributed by atoms with Crippen LogP contribution in [0.2, 0.25) is 0 Å². The van der Waals surface area contributed by atoms with Crippen LogP contribution in [0.4, 0.5) is 10.1 Å². The van der Waals surface area contributed by atoms with Crippen LogP contribution in [0, 0.1) is 5.82 Å². The Bertz CT molecular complexity index is 1070. The van der Waals surface area contributed by atoms with Crippen molar-refractivity contribution in [3.8, 4) is 0 Å². The molecular formula is C20H19FN2O4S2. The number of furan rings is 1. The van der Waals surface area contributed by atoms with Gasteiger partial charge in [-0.25, -0.2) is 12.8 Å². The molecule has 1 aromatic heterocycles. The molecule has 0 fully saturated rings. The number of carbonyl (C=O) groups excluding carboxylic acids is 1. The van der Waals surface area contributed by atoms with E-state index in [0.29, 0.717) is 5.76 Å². The maximum absolute atomic E-state index is 13.8. The summed E-state index contributed by atoms with van der Waals surface area (Å²) < 4.78 is 46.2. The van der Waals surface area contributed by atoms with Gasteiger partial charge >= 0.3 is 0 Å². The van der Waals surface area contributed by atoms with Gasteiger partial charge in [-0.15, -0.1) is 11.8 Å². The van der Waals surface area contributed by atoms with Crippen LogP contribution in [0.5, 0.6) is 0 Å². The maximum Gasteiger partial charge on any atom is 0.264 e. The molecule has 0 spiro atoms. The first-order valence-corrected chi connectivity index (χ1v) is 11.3. The molecule has 152 valence electrons. The largest absolute Gasteiger partial charge is 0.467 e. The number of benzene rings is 2. The zero-order chi connectivity index (χ0) is 20.9. The van der Waals surface area contributed by atoms with E-state index < -0.39 is 28.3 Å². The van der Waals surface area contributed by atoms with Crippen LogP contribution in [0.25, 0.3) is 0 Å². The molecule has 1 amide bonds. The summed E-state index contributed by atoms with van der Waals surface area (Å²) in [6.45, 7) is -0.387. The Kier molecular flexibility index (Phi) is 6.60. The molecule has 0 unspecified atom stereocenters. The lowest BCUT2D eigenvalue weighted by Crippen LogP contribution is -2.40. The number of anilines is 1. The number of nitrogens with one attached hydrogen (secondary N) is 1. The van der Waals surface area contributed by atoms with E-state index in [1.165, 1.54) is 48.4 Å². The van der Waals surface area contributed by atoms with E-state index in [-0.39, 0.29) is 17.1 Å². The average molecular weight is 435 g/mol. The van der Waals surface area contributed by atoms with Crippen LogP contribution in [0.15, 0.2) is 81.1 Å². The number of nitrogens with zero attached hydrogens (tertiary/aromatic N) is 1. The smallest absolute Gasteiger partial charge is 0.264 e. The fourth-order valence-corrected chi connectivity index (χ4v) is 4.43. The third-order valence-electron chi connectivity index (χ3n) is 4.07. The molecule has 0 saturated carbocycles. The predicted molar refractivity (Wildman–Crippen MR) is 110 cm³/mol. The molecule has 0 radical (unpaired) electrons. The lowest BCUT2D eigenvalue weighted by Gasteiger charge is -2.24. The summed E-state index contributed by atoms with van der Waals surface area (Å²) in [6.07, 6.45) is 3.36. The van der Waals surface area contributed by atoms with Crippen molar-refractivity contribution in [1.29, 1.82) is 0 Å². The molecule has 9 heteroatoms. The first kappa shape index (κ1) is 20.9. The van der Waals surface area contributed by atoms with E-state index >= 15 is 0 Å². The number of carbonyl (C=O) groups is 1. The Balaban J connectivity index is 1.88. The summed E-state index contributed by atoms with van der Waals surface area (Å²) in [5.41, 5.74) is 0.0621. The van der Waals surface area contributed by atoms with Gasteiger partial charge in [0.15, 0.2) is 0 Å². The molecule has 0 bridgehead atoms. The molecule has 0 aliphatic rings. The van der Waals surface area contributed by atoms with Crippen molar-refractivity contribution < 1.29 is 22.0 Å². The van der Waals surface area contributed by atoms with Crippen LogP contribution >= 0.6 is 11.8 Å². The van der Waals surface area contributed by atoms with Crippen LogP contribution in [-0.4, -0.2) is 27.1 Å². The number of hydrogen-bond donors (Lipinski definition) is 1. The molecule has 3 rings (SSSR count). The van der Waals surface area contributed by atoms with Gasteiger partial charge in [-0.05, 0) is 60.9 Å². The summed E-state index contributed by atoms with van der Waals surface area (Å²) in [6, 6.07) is 14.8. The van der Waals surface area contributed by atoms with Gasteiger partial charge < -0.3 is 9.73 Å². The van der Waals surface area contributed by atoms with E-state index in [1.807, 2.05) is 6.26 Å². The van der Waals surface area contributed by atoms with Gasteiger partial charge in [0, 0.05) is 4.90 Å². The topological polar surface area (TPSA) is 79.6 Å². The third kappa shape index (κ3) is 5.18. The van der Waals surface area contributed by atoms with Crippen LogP contribution in [0.1, 0.15) is 5.76 Å². The second-order valence-electron chi connectivity index (χ2n) is 6.02. The molecule has 1 N–H and O–H groups in total. The van der Waals surface area contributed by atoms with Crippen molar-refractivity contribution in [1.82, 2.24) is 5.32 Å². The second kappa shape index (κ2) is 9.15. The summed E-state index contributed by atoms with van der Waals surface area (Å²) in [7, 11) is -4.09. The molecule has 29 heavy (non-hydrogen) atoms. The SMILES string of the molecule is CSc1ccc(S(=O)(=O)N(CC(=O)NCc2ccco2)c2cccc(F)c2)cc1. The van der Waals surface area contributed by atoms with Gasteiger partial charge in [-0.3, -0.25) is 9.10 Å². The van der Waals surface area contributed by atoms with Crippen molar-refractivity contribution in [3.63, 3.8) is 0 Å². The minimum absolute atomic E-state index is 0.0124. The number of amides is 1. The first-order valence-electron chi connectivity index (χ1n) is 8.61. The van der Waals surface area contributed by atoms with Gasteiger partial charge in [0.1, 0.15) is 18.1 Å². The predicted octanol–water partition coefficient (Wildman–Crippen LogP) is 3.65. The maximum atomic E-state index is 13.8. The Labute approximate surface area is 172 Å². The Hall–Kier alpha value is -2.78. The summed E-state index contributed by atoms with van der Waals surface area (Å²) in [5.74, 6) is -0.613. The molecule has 0 aliphatic carbocycles. The standard InChI is InChI=1S/C20H19FN2O4S2/c1-28-18-7-9-19(10-8-18)29(25,26)23(16-5-2-4-15(21)12-16)14-20(24)22-13-17-6-3-11-27-17/h2-12H,13-14H2,1H3,(H,22,24). The quantitative estimate of drug-likeness (QED) is 0.548. The van der Waals surface area contributed by atoms with Crippen molar-refractivity contribution >= 4 is 33.4 Å². The average Bonchev–Trinajstić information content (AvgIpc) is 3.24. The summed E-state index contributed by atoms with van der Waals surface area (Å²) in [5, 5.41) is 2.61. The van der Waals surface area contributed by atoms with Gasteiger partial charge in [0.2, 0.25) is 5.91 Å². The van der Waals surface area contributed by atoms with Crippen LogP contribution in [0.3, 0.4) is 0 Å². The fraction of sp³-hybridized carbons (Fsp3) is 0.150. The summed E-state index contributed by atoms with van der Waals surface area (Å²) >= 11 is 1.48. The molecule has 0 saturated heterocycles. The number of rotatable bonds is 8. The van der Waals surface area contributed by atoms with Gasteiger partial charge in [-0.1, -0.05) is 6.07 Å². The van der Waals surface area contributed by atoms with E-state index in [9.17, 15) is 17.6 Å². The molecule has 2 aromatic carbocycles. The molecule has 6 nitrogen and oxygen atoms in total. The lowest BCUT2D eigenvalue weighted by atomic mass is 10.3. The number of sulfonamides is 1. The van der Waals surface area contributed by atoms with E-state index in [1.54, 1.807) is 24.3 Å². The molecule has 1 heterocycles. The number of thioether (sulfide) groups is 1. The highest BCUT2D eigenvalue weighted by Crippen LogP contribution is 2.26. The van der Waals surface area contributed by atoms with Gasteiger partial charge in [-0.2, -0.15) is 0 Å². The monoisotopic (exact) mass is 434 g/mol. The Morgan fingerprint density at radius 1 is 1.14 bits per heavy atom. The van der Waals surface area contributed by atoms with Crippen molar-refractivity contribution in [2.45, 2.75) is 16.3 Å².